The summed E-state index contributed by atoms with van der Waals surface area (Å²) in [5, 5.41) is 11.5. The first kappa shape index (κ1) is 11.1. The van der Waals surface area contributed by atoms with Crippen LogP contribution in [0.25, 0.3) is 0 Å². The molecule has 1 aliphatic carbocycles. The lowest BCUT2D eigenvalue weighted by atomic mass is 10.4. The second-order valence-corrected chi connectivity index (χ2v) is 3.90. The number of hydrogen-bond donors (Lipinski definition) is 1. The number of aromatic nitrogens is 2. The predicted molar refractivity (Wildman–Crippen MR) is 62.2 cm³/mol. The van der Waals surface area contributed by atoms with Gasteiger partial charge >= 0.3 is 0 Å². The van der Waals surface area contributed by atoms with Gasteiger partial charge in [-0.2, -0.15) is 5.10 Å². The van der Waals surface area contributed by atoms with Gasteiger partial charge in [-0.3, -0.25) is 0 Å². The molecule has 1 heterocycles. The van der Waals surface area contributed by atoms with E-state index in [0.717, 1.165) is 12.2 Å². The highest BCUT2D eigenvalue weighted by Gasteiger charge is 2.20. The average molecular weight is 219 g/mol. The van der Waals surface area contributed by atoms with Crippen molar-refractivity contribution in [1.82, 2.24) is 15.5 Å². The van der Waals surface area contributed by atoms with Crippen molar-refractivity contribution in [3.8, 4) is 5.88 Å². The maximum Gasteiger partial charge on any atom is 0.233 e. The van der Waals surface area contributed by atoms with E-state index in [0.29, 0.717) is 18.5 Å². The van der Waals surface area contributed by atoms with Crippen molar-refractivity contribution in [2.24, 2.45) is 0 Å². The van der Waals surface area contributed by atoms with Crippen molar-refractivity contribution in [3.05, 3.63) is 30.0 Å². The Labute approximate surface area is 95.7 Å². The highest BCUT2D eigenvalue weighted by Crippen LogP contribution is 2.19. The molecule has 0 unspecified atom stereocenters. The molecule has 0 aliphatic heterocycles. The van der Waals surface area contributed by atoms with E-state index in [1.54, 1.807) is 0 Å². The van der Waals surface area contributed by atoms with Crippen LogP contribution in [0.1, 0.15) is 25.5 Å². The zero-order valence-corrected chi connectivity index (χ0v) is 9.52. The molecule has 1 aromatic heterocycles. The fraction of sp³-hybridized carbons (Fsp3) is 0.500. The summed E-state index contributed by atoms with van der Waals surface area (Å²) in [5.41, 5.74) is 0.963. The standard InChI is InChI=1S/C12H17N3O/c1-2-3-8-16-12-7-6-11(14-15-12)9-13-10-4-5-10/h2-3,6-7,10,13H,4-5,8-9H2,1H3. The maximum atomic E-state index is 5.36. The number of allylic oxidation sites excluding steroid dienone is 1. The Kier molecular flexibility index (Phi) is 3.88. The molecule has 0 atom stereocenters. The van der Waals surface area contributed by atoms with E-state index in [4.69, 9.17) is 4.74 Å². The zero-order valence-electron chi connectivity index (χ0n) is 9.52. The quantitative estimate of drug-likeness (QED) is 0.739. The Morgan fingerprint density at radius 3 is 2.94 bits per heavy atom. The summed E-state index contributed by atoms with van der Waals surface area (Å²) in [5.74, 6) is 0.577. The van der Waals surface area contributed by atoms with E-state index in [-0.39, 0.29) is 0 Å². The minimum absolute atomic E-state index is 0.546. The third-order valence-electron chi connectivity index (χ3n) is 2.41. The molecule has 16 heavy (non-hydrogen) atoms. The number of ether oxygens (including phenoxy) is 1. The van der Waals surface area contributed by atoms with Gasteiger partial charge in [0.05, 0.1) is 5.69 Å². The van der Waals surface area contributed by atoms with Crippen LogP contribution in [0.5, 0.6) is 5.88 Å². The van der Waals surface area contributed by atoms with Gasteiger partial charge in [0.25, 0.3) is 0 Å². The summed E-state index contributed by atoms with van der Waals surface area (Å²) in [6, 6.07) is 4.51. The minimum atomic E-state index is 0.546. The minimum Gasteiger partial charge on any atom is -0.472 e. The molecule has 4 nitrogen and oxygen atoms in total. The summed E-state index contributed by atoms with van der Waals surface area (Å²) < 4.78 is 5.36. The molecule has 0 radical (unpaired) electrons. The molecule has 0 aromatic carbocycles. The predicted octanol–water partition coefficient (Wildman–Crippen LogP) is 1.68. The van der Waals surface area contributed by atoms with Crippen LogP contribution in [0.3, 0.4) is 0 Å². The van der Waals surface area contributed by atoms with Crippen molar-refractivity contribution >= 4 is 0 Å². The van der Waals surface area contributed by atoms with Crippen molar-refractivity contribution in [1.29, 1.82) is 0 Å². The van der Waals surface area contributed by atoms with Gasteiger partial charge in [0.15, 0.2) is 0 Å². The first-order valence-corrected chi connectivity index (χ1v) is 5.68. The van der Waals surface area contributed by atoms with E-state index in [1.807, 2.05) is 31.2 Å². The molecular formula is C12H17N3O. The normalized spacial score (nSPS) is 15.6. The summed E-state index contributed by atoms with van der Waals surface area (Å²) in [6.45, 7) is 3.30. The third kappa shape index (κ3) is 3.62. The molecule has 1 aromatic rings. The van der Waals surface area contributed by atoms with Crippen molar-refractivity contribution in [3.63, 3.8) is 0 Å². The maximum absolute atomic E-state index is 5.36. The molecule has 2 rings (SSSR count). The third-order valence-corrected chi connectivity index (χ3v) is 2.41. The van der Waals surface area contributed by atoms with Crippen LogP contribution >= 0.6 is 0 Å². The van der Waals surface area contributed by atoms with E-state index in [1.165, 1.54) is 12.8 Å². The largest absolute Gasteiger partial charge is 0.472 e. The van der Waals surface area contributed by atoms with E-state index in [2.05, 4.69) is 15.5 Å². The molecular weight excluding hydrogens is 202 g/mol. The molecule has 1 fully saturated rings. The van der Waals surface area contributed by atoms with Crippen LogP contribution in [0.4, 0.5) is 0 Å². The Morgan fingerprint density at radius 2 is 2.31 bits per heavy atom. The molecule has 1 saturated carbocycles. The second-order valence-electron chi connectivity index (χ2n) is 3.90. The summed E-state index contributed by atoms with van der Waals surface area (Å²) in [7, 11) is 0. The van der Waals surface area contributed by atoms with E-state index >= 15 is 0 Å². The van der Waals surface area contributed by atoms with Crippen molar-refractivity contribution < 1.29 is 4.74 Å². The van der Waals surface area contributed by atoms with Crippen LogP contribution in [-0.2, 0) is 6.54 Å². The van der Waals surface area contributed by atoms with Crippen LogP contribution in [0.2, 0.25) is 0 Å². The fourth-order valence-electron chi connectivity index (χ4n) is 1.28. The Bertz CT molecular complexity index is 344. The molecule has 0 spiro atoms. The van der Waals surface area contributed by atoms with Crippen LogP contribution in [0.15, 0.2) is 24.3 Å². The molecule has 1 N–H and O–H groups in total. The lowest BCUT2D eigenvalue weighted by Crippen LogP contribution is -2.16. The monoisotopic (exact) mass is 219 g/mol. The van der Waals surface area contributed by atoms with Crippen molar-refractivity contribution in [2.45, 2.75) is 32.4 Å². The van der Waals surface area contributed by atoms with Crippen molar-refractivity contribution in [2.75, 3.05) is 6.61 Å². The lowest BCUT2D eigenvalue weighted by Gasteiger charge is -2.03. The SMILES string of the molecule is CC=CCOc1ccc(CNC2CC2)nn1. The van der Waals surface area contributed by atoms with Crippen LogP contribution in [0, 0.1) is 0 Å². The summed E-state index contributed by atoms with van der Waals surface area (Å²) in [6.07, 6.45) is 6.46. The summed E-state index contributed by atoms with van der Waals surface area (Å²) >= 11 is 0. The smallest absolute Gasteiger partial charge is 0.233 e. The first-order valence-electron chi connectivity index (χ1n) is 5.68. The highest BCUT2D eigenvalue weighted by atomic mass is 16.5. The van der Waals surface area contributed by atoms with Gasteiger partial charge in [0, 0.05) is 18.7 Å². The van der Waals surface area contributed by atoms with Gasteiger partial charge in [-0.25, -0.2) is 0 Å². The number of nitrogens with zero attached hydrogens (tertiary/aromatic N) is 2. The fourth-order valence-corrected chi connectivity index (χ4v) is 1.28. The van der Waals surface area contributed by atoms with Gasteiger partial charge in [0.1, 0.15) is 6.61 Å². The molecule has 86 valence electrons. The Balaban J connectivity index is 1.78. The lowest BCUT2D eigenvalue weighted by molar-refractivity contribution is 0.343. The molecule has 4 heteroatoms. The Morgan fingerprint density at radius 1 is 1.44 bits per heavy atom. The van der Waals surface area contributed by atoms with Gasteiger partial charge in [0.2, 0.25) is 5.88 Å². The van der Waals surface area contributed by atoms with Gasteiger partial charge in [-0.05, 0) is 25.8 Å². The zero-order chi connectivity index (χ0) is 11.2. The number of rotatable bonds is 6. The first-order chi connectivity index (χ1) is 7.88. The van der Waals surface area contributed by atoms with Gasteiger partial charge < -0.3 is 10.1 Å². The van der Waals surface area contributed by atoms with Crippen LogP contribution in [-0.4, -0.2) is 22.8 Å². The highest BCUT2D eigenvalue weighted by molar-refractivity contribution is 5.12. The number of hydrogen-bond acceptors (Lipinski definition) is 4. The van der Waals surface area contributed by atoms with Crippen LogP contribution < -0.4 is 10.1 Å². The average Bonchev–Trinajstić information content (AvgIpc) is 3.12. The number of nitrogens with one attached hydrogen (secondary N) is 1. The molecule has 0 bridgehead atoms. The van der Waals surface area contributed by atoms with E-state index < -0.39 is 0 Å². The Hall–Kier alpha value is -1.42. The second kappa shape index (κ2) is 5.61. The van der Waals surface area contributed by atoms with Gasteiger partial charge in [-0.1, -0.05) is 12.2 Å². The molecule has 1 aliphatic rings. The molecule has 0 saturated heterocycles. The van der Waals surface area contributed by atoms with Gasteiger partial charge in [-0.15, -0.1) is 5.10 Å². The topological polar surface area (TPSA) is 47.0 Å². The van der Waals surface area contributed by atoms with E-state index in [9.17, 15) is 0 Å². The summed E-state index contributed by atoms with van der Waals surface area (Å²) in [4.78, 5) is 0. The molecule has 0 amide bonds.